The largest absolute Gasteiger partial charge is 0.256 e. The van der Waals surface area contributed by atoms with Gasteiger partial charge in [0.1, 0.15) is 0 Å². The minimum Gasteiger partial charge on any atom is -0.256 e. The topological polar surface area (TPSA) is 25.8 Å². The van der Waals surface area contributed by atoms with E-state index < -0.39 is 0 Å². The van der Waals surface area contributed by atoms with E-state index in [1.165, 1.54) is 5.92 Å². The molecule has 0 fully saturated rings. The maximum atomic E-state index is 4.55. The molecular weight excluding hydrogens is 268 g/mol. The second-order valence-electron chi connectivity index (χ2n) is 5.46. The molecule has 0 aliphatic rings. The molecule has 1 radical (unpaired) electrons. The summed E-state index contributed by atoms with van der Waals surface area (Å²) in [6.07, 6.45) is 3.87. The lowest BCUT2D eigenvalue weighted by Gasteiger charge is -2.12. The Morgan fingerprint density at radius 3 is 1.64 bits per heavy atom. The molecule has 0 atom stereocenters. The lowest BCUT2D eigenvalue weighted by atomic mass is 9.94. The highest BCUT2D eigenvalue weighted by Crippen LogP contribution is 2.26. The van der Waals surface area contributed by atoms with Crippen molar-refractivity contribution in [2.75, 3.05) is 0 Å². The Bertz CT molecular complexity index is 880. The summed E-state index contributed by atoms with van der Waals surface area (Å²) in [7, 11) is 0. The van der Waals surface area contributed by atoms with Crippen molar-refractivity contribution in [2.24, 2.45) is 0 Å². The SMILES string of the molecule is C[C](c1cnc2ccccc2c1)c1cnc2ccccc2c1. The van der Waals surface area contributed by atoms with Gasteiger partial charge < -0.3 is 0 Å². The zero-order chi connectivity index (χ0) is 14.9. The van der Waals surface area contributed by atoms with Crippen molar-refractivity contribution in [3.8, 4) is 0 Å². The first-order valence-corrected chi connectivity index (χ1v) is 7.35. The molecular formula is C20H15N2. The Labute approximate surface area is 129 Å². The number of pyridine rings is 2. The molecule has 4 rings (SSSR count). The van der Waals surface area contributed by atoms with Gasteiger partial charge in [-0.2, -0.15) is 0 Å². The van der Waals surface area contributed by atoms with E-state index in [-0.39, 0.29) is 0 Å². The number of nitrogens with zero attached hydrogens (tertiary/aromatic N) is 2. The number of hydrogen-bond donors (Lipinski definition) is 0. The summed E-state index contributed by atoms with van der Waals surface area (Å²) in [5, 5.41) is 2.32. The van der Waals surface area contributed by atoms with Crippen LogP contribution < -0.4 is 0 Å². The molecule has 0 unspecified atom stereocenters. The van der Waals surface area contributed by atoms with Crippen LogP contribution in [0.4, 0.5) is 0 Å². The Hall–Kier alpha value is -2.74. The summed E-state index contributed by atoms with van der Waals surface area (Å²) in [6, 6.07) is 20.7. The van der Waals surface area contributed by atoms with Gasteiger partial charge in [-0.05, 0) is 35.4 Å². The summed E-state index contributed by atoms with van der Waals surface area (Å²) < 4.78 is 0. The average Bonchev–Trinajstić information content (AvgIpc) is 2.60. The van der Waals surface area contributed by atoms with Gasteiger partial charge in [0.2, 0.25) is 0 Å². The summed E-state index contributed by atoms with van der Waals surface area (Å²) in [5.41, 5.74) is 4.32. The van der Waals surface area contributed by atoms with Gasteiger partial charge in [-0.25, -0.2) is 0 Å². The minimum atomic E-state index is 1.02. The molecule has 0 amide bonds. The Morgan fingerprint density at radius 1 is 0.682 bits per heavy atom. The predicted octanol–water partition coefficient (Wildman–Crippen LogP) is 4.77. The molecule has 0 bridgehead atoms. The highest BCUT2D eigenvalue weighted by Gasteiger charge is 2.11. The fourth-order valence-corrected chi connectivity index (χ4v) is 2.72. The molecule has 0 aliphatic heterocycles. The van der Waals surface area contributed by atoms with E-state index in [0.717, 1.165) is 32.9 Å². The van der Waals surface area contributed by atoms with E-state index in [9.17, 15) is 0 Å². The molecule has 22 heavy (non-hydrogen) atoms. The molecule has 2 heterocycles. The highest BCUT2D eigenvalue weighted by atomic mass is 14.7. The summed E-state index contributed by atoms with van der Waals surface area (Å²) in [4.78, 5) is 9.10. The van der Waals surface area contributed by atoms with Gasteiger partial charge in [-0.15, -0.1) is 0 Å². The third kappa shape index (κ3) is 2.23. The number of fused-ring (bicyclic) bond motifs is 2. The van der Waals surface area contributed by atoms with Crippen LogP contribution in [0, 0.1) is 5.92 Å². The van der Waals surface area contributed by atoms with Crippen LogP contribution in [0.25, 0.3) is 21.8 Å². The molecule has 2 aromatic carbocycles. The number of para-hydroxylation sites is 2. The van der Waals surface area contributed by atoms with Gasteiger partial charge in [0.05, 0.1) is 11.0 Å². The van der Waals surface area contributed by atoms with Crippen LogP contribution >= 0.6 is 0 Å². The number of aromatic nitrogens is 2. The standard InChI is InChI=1S/C20H15N2/c1-14(17-10-15-6-2-4-8-19(15)21-12-17)18-11-16-7-3-5-9-20(16)22-13-18/h2-13H,1H3. The van der Waals surface area contributed by atoms with Crippen LogP contribution in [-0.4, -0.2) is 9.97 Å². The lowest BCUT2D eigenvalue weighted by molar-refractivity contribution is 1.15. The van der Waals surface area contributed by atoms with Crippen LogP contribution in [0.2, 0.25) is 0 Å². The molecule has 105 valence electrons. The summed E-state index contributed by atoms with van der Waals surface area (Å²) >= 11 is 0. The fraction of sp³-hybridized carbons (Fsp3) is 0.0500. The van der Waals surface area contributed by atoms with Crippen LogP contribution in [0.1, 0.15) is 18.1 Å². The fourth-order valence-electron chi connectivity index (χ4n) is 2.72. The second-order valence-corrected chi connectivity index (χ2v) is 5.46. The summed E-state index contributed by atoms with van der Waals surface area (Å²) in [5.74, 6) is 1.19. The van der Waals surface area contributed by atoms with Gasteiger partial charge in [0.15, 0.2) is 0 Å². The van der Waals surface area contributed by atoms with E-state index in [1.54, 1.807) is 0 Å². The van der Waals surface area contributed by atoms with Gasteiger partial charge in [0.25, 0.3) is 0 Å². The number of hydrogen-bond acceptors (Lipinski definition) is 2. The average molecular weight is 283 g/mol. The summed E-state index contributed by atoms with van der Waals surface area (Å²) in [6.45, 7) is 2.12. The molecule has 0 spiro atoms. The second kappa shape index (κ2) is 5.23. The number of benzene rings is 2. The highest BCUT2D eigenvalue weighted by molar-refractivity contribution is 5.81. The van der Waals surface area contributed by atoms with E-state index in [4.69, 9.17) is 0 Å². The normalized spacial score (nSPS) is 11.4. The smallest absolute Gasteiger partial charge is 0.0702 e. The van der Waals surface area contributed by atoms with Gasteiger partial charge in [-0.3, -0.25) is 9.97 Å². The number of rotatable bonds is 2. The van der Waals surface area contributed by atoms with Crippen molar-refractivity contribution in [1.82, 2.24) is 9.97 Å². The van der Waals surface area contributed by atoms with Crippen molar-refractivity contribution in [2.45, 2.75) is 6.92 Å². The van der Waals surface area contributed by atoms with Gasteiger partial charge in [-0.1, -0.05) is 43.3 Å². The first-order chi connectivity index (χ1) is 10.8. The third-order valence-electron chi connectivity index (χ3n) is 4.05. The molecule has 2 aromatic heterocycles. The Balaban J connectivity index is 1.78. The van der Waals surface area contributed by atoms with Crippen LogP contribution in [0.3, 0.4) is 0 Å². The predicted molar refractivity (Wildman–Crippen MR) is 90.6 cm³/mol. The molecule has 0 aliphatic carbocycles. The first kappa shape index (κ1) is 13.0. The van der Waals surface area contributed by atoms with E-state index in [0.29, 0.717) is 0 Å². The molecule has 0 saturated heterocycles. The monoisotopic (exact) mass is 283 g/mol. The van der Waals surface area contributed by atoms with Crippen molar-refractivity contribution in [3.63, 3.8) is 0 Å². The Morgan fingerprint density at radius 2 is 1.14 bits per heavy atom. The van der Waals surface area contributed by atoms with Crippen molar-refractivity contribution >= 4 is 21.8 Å². The first-order valence-electron chi connectivity index (χ1n) is 7.35. The minimum absolute atomic E-state index is 1.02. The lowest BCUT2D eigenvalue weighted by Crippen LogP contribution is -1.99. The molecule has 0 saturated carbocycles. The van der Waals surface area contributed by atoms with E-state index in [1.807, 2.05) is 48.8 Å². The maximum absolute atomic E-state index is 4.55. The van der Waals surface area contributed by atoms with Crippen molar-refractivity contribution in [1.29, 1.82) is 0 Å². The quantitative estimate of drug-likeness (QED) is 0.529. The van der Waals surface area contributed by atoms with Gasteiger partial charge in [0, 0.05) is 29.1 Å². The van der Waals surface area contributed by atoms with Gasteiger partial charge >= 0.3 is 0 Å². The van der Waals surface area contributed by atoms with Crippen LogP contribution in [-0.2, 0) is 0 Å². The molecule has 4 aromatic rings. The molecule has 2 nitrogen and oxygen atoms in total. The third-order valence-corrected chi connectivity index (χ3v) is 4.05. The van der Waals surface area contributed by atoms with Crippen molar-refractivity contribution in [3.05, 3.63) is 90.1 Å². The Kier molecular flexibility index (Phi) is 3.08. The van der Waals surface area contributed by atoms with E-state index >= 15 is 0 Å². The van der Waals surface area contributed by atoms with Crippen LogP contribution in [0.15, 0.2) is 73.1 Å². The zero-order valence-corrected chi connectivity index (χ0v) is 12.3. The van der Waals surface area contributed by atoms with E-state index in [2.05, 4.69) is 41.2 Å². The zero-order valence-electron chi connectivity index (χ0n) is 12.3. The maximum Gasteiger partial charge on any atom is 0.0702 e. The van der Waals surface area contributed by atoms with Crippen molar-refractivity contribution < 1.29 is 0 Å². The molecule has 0 N–H and O–H groups in total. The molecule has 2 heteroatoms. The van der Waals surface area contributed by atoms with Crippen LogP contribution in [0.5, 0.6) is 0 Å².